The van der Waals surface area contributed by atoms with E-state index in [4.69, 9.17) is 12.2 Å². The minimum absolute atomic E-state index is 0. The van der Waals surface area contributed by atoms with Gasteiger partial charge in [-0.2, -0.15) is 0 Å². The summed E-state index contributed by atoms with van der Waals surface area (Å²) in [6.07, 6.45) is 0.886. The Labute approximate surface area is 147 Å². The van der Waals surface area contributed by atoms with Gasteiger partial charge >= 0.3 is 0 Å². The molecule has 0 amide bonds. The van der Waals surface area contributed by atoms with Crippen LogP contribution in [-0.2, 0) is 13.5 Å². The molecule has 2 nitrogen and oxygen atoms in total. The lowest BCUT2D eigenvalue weighted by atomic mass is 10.0. The number of thiazole rings is 1. The summed E-state index contributed by atoms with van der Waals surface area (Å²) in [5.41, 5.74) is 2.38. The van der Waals surface area contributed by atoms with Crippen LogP contribution in [0.5, 0.6) is 0 Å². The number of nitrogens with zero attached hydrogens (tertiary/aromatic N) is 2. The van der Waals surface area contributed by atoms with Crippen molar-refractivity contribution in [3.05, 3.63) is 50.7 Å². The summed E-state index contributed by atoms with van der Waals surface area (Å²) < 4.78 is 16.1. The molecule has 1 atom stereocenters. The molecule has 2 aromatic rings. The van der Waals surface area contributed by atoms with Crippen LogP contribution < -0.4 is 0 Å². The molecule has 0 spiro atoms. The molecule has 1 heterocycles. The average Bonchev–Trinajstić information content (AvgIpc) is 2.80. The average molecular weight is 361 g/mol. The van der Waals surface area contributed by atoms with Crippen LogP contribution in [0.15, 0.2) is 29.6 Å². The third kappa shape index (κ3) is 4.38. The van der Waals surface area contributed by atoms with Crippen LogP contribution >= 0.6 is 36.0 Å². The van der Waals surface area contributed by atoms with Gasteiger partial charge in [-0.05, 0) is 43.0 Å². The minimum atomic E-state index is -0.189. The van der Waals surface area contributed by atoms with E-state index in [0.29, 0.717) is 0 Å². The topological polar surface area (TPSA) is 8.17 Å². The first-order valence-corrected chi connectivity index (χ1v) is 8.48. The third-order valence-electron chi connectivity index (χ3n) is 3.91. The van der Waals surface area contributed by atoms with E-state index in [2.05, 4.69) is 28.7 Å². The Bertz CT molecular complexity index is 632. The summed E-state index contributed by atoms with van der Waals surface area (Å²) in [5.74, 6) is -0.189. The highest BCUT2D eigenvalue weighted by Gasteiger charge is 2.20. The van der Waals surface area contributed by atoms with Gasteiger partial charge in [0.15, 0.2) is 3.95 Å². The van der Waals surface area contributed by atoms with Gasteiger partial charge in [-0.1, -0.05) is 26.0 Å². The molecule has 0 aliphatic heterocycles. The first kappa shape index (κ1) is 19.3. The summed E-state index contributed by atoms with van der Waals surface area (Å²) in [6, 6.07) is 7.10. The second-order valence-corrected chi connectivity index (χ2v) is 6.55. The summed E-state index contributed by atoms with van der Waals surface area (Å²) in [7, 11) is 2.01. The van der Waals surface area contributed by atoms with Crippen LogP contribution in [0.3, 0.4) is 0 Å². The summed E-state index contributed by atoms with van der Waals surface area (Å²) in [5, 5.41) is 2.13. The third-order valence-corrected chi connectivity index (χ3v) is 5.34. The van der Waals surface area contributed by atoms with Gasteiger partial charge in [-0.3, -0.25) is 4.90 Å². The number of likely N-dealkylation sites (N-methyl/N-ethyl adjacent to an activating group) is 1. The van der Waals surface area contributed by atoms with Crippen LogP contribution in [0.1, 0.15) is 31.1 Å². The first-order valence-electron chi connectivity index (χ1n) is 7.19. The molecule has 0 bridgehead atoms. The second kappa shape index (κ2) is 8.77. The van der Waals surface area contributed by atoms with Crippen LogP contribution in [0, 0.1) is 9.77 Å². The highest BCUT2D eigenvalue weighted by molar-refractivity contribution is 7.73. The van der Waals surface area contributed by atoms with Gasteiger partial charge in [0, 0.05) is 30.6 Å². The predicted molar refractivity (Wildman–Crippen MR) is 97.1 cm³/mol. The Kier molecular flexibility index (Phi) is 7.69. The summed E-state index contributed by atoms with van der Waals surface area (Å²) >= 11 is 6.90. The van der Waals surface area contributed by atoms with Crippen molar-refractivity contribution in [3.8, 4) is 0 Å². The molecule has 0 aliphatic carbocycles. The molecule has 2 rings (SSSR count). The van der Waals surface area contributed by atoms with E-state index < -0.39 is 0 Å². The Morgan fingerprint density at radius 1 is 1.23 bits per heavy atom. The van der Waals surface area contributed by atoms with E-state index in [1.54, 1.807) is 11.3 Å². The van der Waals surface area contributed by atoms with Crippen molar-refractivity contribution >= 4 is 36.0 Å². The van der Waals surface area contributed by atoms with Gasteiger partial charge in [0.05, 0.1) is 0 Å². The van der Waals surface area contributed by atoms with E-state index in [0.717, 1.165) is 29.0 Å². The second-order valence-electron chi connectivity index (χ2n) is 5.04. The number of benzene rings is 1. The fraction of sp³-hybridized carbons (Fsp3) is 0.438. The lowest BCUT2D eigenvalue weighted by molar-refractivity contribution is 0.215. The van der Waals surface area contributed by atoms with E-state index in [9.17, 15) is 4.39 Å². The predicted octanol–water partition coefficient (Wildman–Crippen LogP) is 5.00. The van der Waals surface area contributed by atoms with Crippen molar-refractivity contribution < 1.29 is 4.39 Å². The minimum Gasteiger partial charge on any atom is -0.330 e. The fourth-order valence-corrected chi connectivity index (χ4v) is 3.61. The van der Waals surface area contributed by atoms with E-state index in [-0.39, 0.29) is 24.3 Å². The van der Waals surface area contributed by atoms with Gasteiger partial charge in [-0.25, -0.2) is 4.39 Å². The molecule has 0 fully saturated rings. The van der Waals surface area contributed by atoms with Crippen molar-refractivity contribution in [2.45, 2.75) is 26.3 Å². The number of halogens is 2. The van der Waals surface area contributed by atoms with E-state index in [1.807, 2.05) is 19.2 Å². The lowest BCUT2D eigenvalue weighted by Gasteiger charge is -2.30. The molecule has 0 aliphatic rings. The maximum absolute atomic E-state index is 13.2. The standard InChI is InChI=1S/C16H21FN2S2.ClH/c1-4-19(5-2)15(12-6-8-13(17)9-7-12)10-14-11-21-16(20)18(14)3;/h6-9,11,15H,4-5,10H2,1-3H3;1H. The highest BCUT2D eigenvalue weighted by Crippen LogP contribution is 2.26. The van der Waals surface area contributed by atoms with Crippen LogP contribution in [0.25, 0.3) is 0 Å². The van der Waals surface area contributed by atoms with Crippen molar-refractivity contribution in [1.82, 2.24) is 9.47 Å². The Balaban J connectivity index is 0.00000242. The fourth-order valence-electron chi connectivity index (χ4n) is 2.58. The monoisotopic (exact) mass is 360 g/mol. The van der Waals surface area contributed by atoms with Crippen molar-refractivity contribution in [1.29, 1.82) is 0 Å². The smallest absolute Gasteiger partial charge is 0.160 e. The molecular weight excluding hydrogens is 339 g/mol. The molecule has 0 saturated heterocycles. The maximum Gasteiger partial charge on any atom is 0.160 e. The van der Waals surface area contributed by atoms with Gasteiger partial charge < -0.3 is 4.57 Å². The SMILES string of the molecule is CCN(CC)C(Cc1csc(=S)n1C)c1ccc(F)cc1.Cl. The molecular formula is C16H22ClFN2S2. The largest absolute Gasteiger partial charge is 0.330 e. The van der Waals surface area contributed by atoms with Crippen molar-refractivity contribution in [2.24, 2.45) is 7.05 Å². The number of hydrogen-bond donors (Lipinski definition) is 0. The molecule has 122 valence electrons. The normalized spacial score (nSPS) is 12.2. The number of rotatable bonds is 6. The Hall–Kier alpha value is -0.750. The molecule has 0 radical (unpaired) electrons. The quantitative estimate of drug-likeness (QED) is 0.669. The summed E-state index contributed by atoms with van der Waals surface area (Å²) in [6.45, 7) is 6.25. The van der Waals surface area contributed by atoms with E-state index >= 15 is 0 Å². The highest BCUT2D eigenvalue weighted by atomic mass is 35.5. The molecule has 0 saturated carbocycles. The van der Waals surface area contributed by atoms with Gasteiger partial charge in [0.25, 0.3) is 0 Å². The van der Waals surface area contributed by atoms with Crippen molar-refractivity contribution in [3.63, 3.8) is 0 Å². The van der Waals surface area contributed by atoms with Gasteiger partial charge in [0.1, 0.15) is 5.82 Å². The van der Waals surface area contributed by atoms with E-state index in [1.165, 1.54) is 17.8 Å². The number of aromatic nitrogens is 1. The zero-order valence-electron chi connectivity index (χ0n) is 13.1. The van der Waals surface area contributed by atoms with Crippen LogP contribution in [0.4, 0.5) is 4.39 Å². The van der Waals surface area contributed by atoms with Gasteiger partial charge in [0.2, 0.25) is 0 Å². The zero-order chi connectivity index (χ0) is 15.4. The zero-order valence-corrected chi connectivity index (χ0v) is 15.5. The first-order chi connectivity index (χ1) is 10.1. The van der Waals surface area contributed by atoms with Gasteiger partial charge in [-0.15, -0.1) is 23.7 Å². The van der Waals surface area contributed by atoms with Crippen LogP contribution in [0.2, 0.25) is 0 Å². The molecule has 1 aromatic heterocycles. The Morgan fingerprint density at radius 2 is 1.82 bits per heavy atom. The molecule has 1 unspecified atom stereocenters. The summed E-state index contributed by atoms with van der Waals surface area (Å²) in [4.78, 5) is 2.40. The van der Waals surface area contributed by atoms with Crippen LogP contribution in [-0.4, -0.2) is 22.6 Å². The maximum atomic E-state index is 13.2. The lowest BCUT2D eigenvalue weighted by Crippen LogP contribution is -2.30. The molecule has 6 heteroatoms. The molecule has 1 aromatic carbocycles. The Morgan fingerprint density at radius 3 is 2.27 bits per heavy atom. The molecule has 22 heavy (non-hydrogen) atoms. The molecule has 0 N–H and O–H groups in total. The number of hydrogen-bond acceptors (Lipinski definition) is 3. The van der Waals surface area contributed by atoms with Crippen molar-refractivity contribution in [2.75, 3.05) is 13.1 Å².